The number of aromatic nitrogens is 4. The summed E-state index contributed by atoms with van der Waals surface area (Å²) in [5.41, 5.74) is 2.60. The molecule has 0 amide bonds. The first kappa shape index (κ1) is 17.9. The lowest BCUT2D eigenvalue weighted by molar-refractivity contribution is -0.143. The van der Waals surface area contributed by atoms with E-state index >= 15 is 0 Å². The summed E-state index contributed by atoms with van der Waals surface area (Å²) in [6.07, 6.45) is 3.34. The maximum absolute atomic E-state index is 13.5. The average molecular weight is 384 g/mol. The molecule has 8 nitrogen and oxygen atoms in total. The summed E-state index contributed by atoms with van der Waals surface area (Å²) in [6.45, 7) is 1.90. The molecule has 0 saturated carbocycles. The van der Waals surface area contributed by atoms with Gasteiger partial charge in [0.15, 0.2) is 0 Å². The van der Waals surface area contributed by atoms with Crippen LogP contribution in [-0.4, -0.2) is 31.5 Å². The van der Waals surface area contributed by atoms with Crippen molar-refractivity contribution in [3.8, 4) is 22.8 Å². The van der Waals surface area contributed by atoms with Gasteiger partial charge in [0.2, 0.25) is 5.75 Å². The maximum Gasteiger partial charge on any atom is 0.313 e. The number of esters is 2. The molecule has 2 aromatic heterocycles. The molecule has 0 aliphatic carbocycles. The zero-order chi connectivity index (χ0) is 19.8. The van der Waals surface area contributed by atoms with E-state index in [1.54, 1.807) is 43.2 Å². The van der Waals surface area contributed by atoms with Crippen LogP contribution in [0.1, 0.15) is 24.1 Å². The molecule has 0 unspecified atom stereocenters. The zero-order valence-corrected chi connectivity index (χ0v) is 15.3. The third-order valence-electron chi connectivity index (χ3n) is 4.42. The van der Waals surface area contributed by atoms with Gasteiger partial charge in [-0.1, -0.05) is 6.07 Å². The smallest absolute Gasteiger partial charge is 0.313 e. The Morgan fingerprint density at radius 3 is 2.64 bits per heavy atom. The van der Waals surface area contributed by atoms with Crippen molar-refractivity contribution in [1.29, 1.82) is 0 Å². The molecule has 0 radical (unpaired) electrons. The highest BCUT2D eigenvalue weighted by Crippen LogP contribution is 2.33. The summed E-state index contributed by atoms with van der Waals surface area (Å²) >= 11 is 0. The topological polar surface area (TPSA) is 88.2 Å². The monoisotopic (exact) mass is 384 g/mol. The van der Waals surface area contributed by atoms with Gasteiger partial charge in [0.1, 0.15) is 11.5 Å². The number of ether oxygens (including phenoxy) is 2. The highest BCUT2D eigenvalue weighted by Gasteiger charge is 2.27. The summed E-state index contributed by atoms with van der Waals surface area (Å²) in [4.78, 5) is 23.6. The average Bonchev–Trinajstić information content (AvgIpc) is 3.21. The summed E-state index contributed by atoms with van der Waals surface area (Å²) in [5, 5.41) is 8.60. The molecular formula is C19H17FN4O4. The molecule has 1 aliphatic heterocycles. The number of halogens is 1. The van der Waals surface area contributed by atoms with Crippen LogP contribution in [0.4, 0.5) is 4.39 Å². The summed E-state index contributed by atoms with van der Waals surface area (Å²) in [5.74, 6) is -1.08. The van der Waals surface area contributed by atoms with Gasteiger partial charge in [-0.3, -0.25) is 14.3 Å². The summed E-state index contributed by atoms with van der Waals surface area (Å²) < 4.78 is 27.1. The molecule has 144 valence electrons. The van der Waals surface area contributed by atoms with E-state index < -0.39 is 11.9 Å². The van der Waals surface area contributed by atoms with Crippen LogP contribution in [0.2, 0.25) is 0 Å². The van der Waals surface area contributed by atoms with Crippen LogP contribution in [0.5, 0.6) is 11.6 Å². The Kier molecular flexibility index (Phi) is 4.42. The van der Waals surface area contributed by atoms with Crippen molar-refractivity contribution >= 4 is 11.9 Å². The molecular weight excluding hydrogens is 367 g/mol. The van der Waals surface area contributed by atoms with Crippen LogP contribution in [-0.2, 0) is 23.2 Å². The van der Waals surface area contributed by atoms with Gasteiger partial charge in [-0.05, 0) is 30.2 Å². The highest BCUT2D eigenvalue weighted by molar-refractivity contribution is 5.82. The standard InChI is InChI=1S/C19H17FN4O4/c1-11-7-12(3-4-14(11)20)13-8-21-24(9-13)10-15-18-19(23(2)22-15)28-17(26)6-5-16(25)27-18/h3-4,7-9H,5-6,10H2,1-2H3. The fourth-order valence-corrected chi connectivity index (χ4v) is 2.97. The van der Waals surface area contributed by atoms with Crippen molar-refractivity contribution in [3.05, 3.63) is 47.7 Å². The molecule has 0 N–H and O–H groups in total. The van der Waals surface area contributed by atoms with Crippen molar-refractivity contribution in [1.82, 2.24) is 19.6 Å². The minimum absolute atomic E-state index is 0.0433. The number of nitrogens with zero attached hydrogens (tertiary/aromatic N) is 4. The van der Waals surface area contributed by atoms with Crippen molar-refractivity contribution in [2.75, 3.05) is 0 Å². The SMILES string of the molecule is Cc1cc(-c2cnn(Cc3nn(C)c4c3OC(=O)CCC(=O)O4)c2)ccc1F. The Morgan fingerprint density at radius 1 is 1.14 bits per heavy atom. The quantitative estimate of drug-likeness (QED) is 0.645. The molecule has 0 saturated heterocycles. The first-order chi connectivity index (χ1) is 13.4. The number of carbonyl (C=O) groups excluding carboxylic acids is 2. The molecule has 28 heavy (non-hydrogen) atoms. The Balaban J connectivity index is 1.63. The largest absolute Gasteiger partial charge is 0.419 e. The van der Waals surface area contributed by atoms with Crippen LogP contribution in [0.25, 0.3) is 11.1 Å². The molecule has 0 atom stereocenters. The van der Waals surface area contributed by atoms with Gasteiger partial charge in [-0.15, -0.1) is 0 Å². The molecule has 0 spiro atoms. The van der Waals surface area contributed by atoms with Crippen LogP contribution >= 0.6 is 0 Å². The molecule has 9 heteroatoms. The van der Waals surface area contributed by atoms with Crippen LogP contribution in [0.15, 0.2) is 30.6 Å². The first-order valence-corrected chi connectivity index (χ1v) is 8.67. The van der Waals surface area contributed by atoms with E-state index in [4.69, 9.17) is 9.47 Å². The van der Waals surface area contributed by atoms with Gasteiger partial charge < -0.3 is 9.47 Å². The van der Waals surface area contributed by atoms with Gasteiger partial charge in [0, 0.05) is 18.8 Å². The van der Waals surface area contributed by atoms with Gasteiger partial charge in [0.05, 0.1) is 25.6 Å². The Morgan fingerprint density at radius 2 is 1.89 bits per heavy atom. The van der Waals surface area contributed by atoms with E-state index in [9.17, 15) is 14.0 Å². The third-order valence-corrected chi connectivity index (χ3v) is 4.42. The molecule has 3 heterocycles. The second-order valence-electron chi connectivity index (χ2n) is 6.54. The number of carbonyl (C=O) groups is 2. The van der Waals surface area contributed by atoms with E-state index in [0.717, 1.165) is 11.1 Å². The second-order valence-corrected chi connectivity index (χ2v) is 6.54. The van der Waals surface area contributed by atoms with E-state index in [2.05, 4.69) is 10.2 Å². The highest BCUT2D eigenvalue weighted by atomic mass is 19.1. The fraction of sp³-hybridized carbons (Fsp3) is 0.263. The van der Waals surface area contributed by atoms with Crippen molar-refractivity contribution in [2.45, 2.75) is 26.3 Å². The second kappa shape index (κ2) is 6.91. The lowest BCUT2D eigenvalue weighted by Gasteiger charge is -2.11. The number of benzene rings is 1. The van der Waals surface area contributed by atoms with E-state index in [1.165, 1.54) is 10.7 Å². The Labute approximate surface area is 159 Å². The normalized spacial score (nSPS) is 14.1. The number of aryl methyl sites for hydroxylation is 2. The van der Waals surface area contributed by atoms with Gasteiger partial charge in [-0.2, -0.15) is 10.2 Å². The lowest BCUT2D eigenvalue weighted by atomic mass is 10.1. The predicted octanol–water partition coefficient (Wildman–Crippen LogP) is 2.38. The van der Waals surface area contributed by atoms with E-state index in [-0.39, 0.29) is 36.8 Å². The third kappa shape index (κ3) is 3.38. The molecule has 0 fully saturated rings. The Bertz CT molecular complexity index is 1090. The number of hydrogen-bond acceptors (Lipinski definition) is 6. The number of fused-ring (bicyclic) bond motifs is 1. The molecule has 1 aliphatic rings. The van der Waals surface area contributed by atoms with Crippen molar-refractivity contribution in [2.24, 2.45) is 7.05 Å². The predicted molar refractivity (Wildman–Crippen MR) is 95.2 cm³/mol. The maximum atomic E-state index is 13.5. The zero-order valence-electron chi connectivity index (χ0n) is 15.3. The molecule has 3 aromatic rings. The van der Waals surface area contributed by atoms with Crippen molar-refractivity contribution < 1.29 is 23.5 Å². The Hall–Kier alpha value is -3.49. The number of hydrogen-bond donors (Lipinski definition) is 0. The lowest BCUT2D eigenvalue weighted by Crippen LogP contribution is -2.19. The first-order valence-electron chi connectivity index (χ1n) is 8.67. The van der Waals surface area contributed by atoms with E-state index in [0.29, 0.717) is 11.3 Å². The van der Waals surface area contributed by atoms with Gasteiger partial charge in [-0.25, -0.2) is 9.07 Å². The van der Waals surface area contributed by atoms with E-state index in [1.807, 2.05) is 0 Å². The van der Waals surface area contributed by atoms with Crippen LogP contribution < -0.4 is 9.47 Å². The minimum atomic E-state index is -0.518. The molecule has 0 bridgehead atoms. The molecule has 1 aromatic carbocycles. The number of rotatable bonds is 3. The minimum Gasteiger partial charge on any atom is -0.419 e. The van der Waals surface area contributed by atoms with Gasteiger partial charge >= 0.3 is 11.9 Å². The summed E-state index contributed by atoms with van der Waals surface area (Å²) in [7, 11) is 1.60. The van der Waals surface area contributed by atoms with Crippen molar-refractivity contribution in [3.63, 3.8) is 0 Å². The summed E-state index contributed by atoms with van der Waals surface area (Å²) in [6, 6.07) is 4.84. The van der Waals surface area contributed by atoms with Crippen LogP contribution in [0, 0.1) is 12.7 Å². The molecule has 4 rings (SSSR count). The van der Waals surface area contributed by atoms with Gasteiger partial charge in [0.25, 0.3) is 5.88 Å². The fourth-order valence-electron chi connectivity index (χ4n) is 2.97. The van der Waals surface area contributed by atoms with Crippen LogP contribution in [0.3, 0.4) is 0 Å².